The van der Waals surface area contributed by atoms with Crippen molar-refractivity contribution in [2.45, 2.75) is 65.9 Å². The van der Waals surface area contributed by atoms with E-state index in [9.17, 15) is 13.8 Å². The van der Waals surface area contributed by atoms with Crippen LogP contribution in [-0.4, -0.2) is 27.7 Å². The average Bonchev–Trinajstić information content (AvgIpc) is 2.49. The number of ketones is 1. The maximum atomic E-state index is 12.7. The summed E-state index contributed by atoms with van der Waals surface area (Å²) in [6.45, 7) is 13.8. The highest BCUT2D eigenvalue weighted by molar-refractivity contribution is 7.85. The Labute approximate surface area is 154 Å². The van der Waals surface area contributed by atoms with Gasteiger partial charge < -0.3 is 5.32 Å². The number of rotatable bonds is 8. The molecule has 1 aromatic rings. The molecule has 0 aliphatic carbocycles. The van der Waals surface area contributed by atoms with Crippen molar-refractivity contribution in [1.29, 1.82) is 0 Å². The zero-order valence-electron chi connectivity index (χ0n) is 16.5. The van der Waals surface area contributed by atoms with Gasteiger partial charge in [-0.2, -0.15) is 0 Å². The van der Waals surface area contributed by atoms with Gasteiger partial charge in [0.1, 0.15) is 5.25 Å². The van der Waals surface area contributed by atoms with Gasteiger partial charge in [-0.1, -0.05) is 19.9 Å². The van der Waals surface area contributed by atoms with Crippen molar-refractivity contribution in [1.82, 2.24) is 5.32 Å². The molecule has 1 rings (SSSR count). The molecule has 1 amide bonds. The molecule has 0 aliphatic rings. The monoisotopic (exact) mass is 365 g/mol. The first-order valence-corrected chi connectivity index (χ1v) is 10.2. The molecule has 140 valence electrons. The molecule has 0 radical (unpaired) electrons. The number of benzene rings is 1. The Hall–Kier alpha value is -1.49. The lowest BCUT2D eigenvalue weighted by Gasteiger charge is -2.18. The Balaban J connectivity index is 2.91. The maximum absolute atomic E-state index is 12.7. The molecule has 0 fully saturated rings. The summed E-state index contributed by atoms with van der Waals surface area (Å²) in [6.07, 6.45) is 0.906. The predicted molar refractivity (Wildman–Crippen MR) is 104 cm³/mol. The van der Waals surface area contributed by atoms with Crippen LogP contribution in [0.2, 0.25) is 0 Å². The van der Waals surface area contributed by atoms with E-state index in [2.05, 4.69) is 19.2 Å². The highest BCUT2D eigenvalue weighted by Crippen LogP contribution is 2.24. The summed E-state index contributed by atoms with van der Waals surface area (Å²) in [7, 11) is -1.33. The van der Waals surface area contributed by atoms with E-state index in [0.29, 0.717) is 18.0 Å². The number of carbonyl (C=O) groups excluding carboxylic acids is 2. The molecule has 1 N–H and O–H groups in total. The van der Waals surface area contributed by atoms with Crippen LogP contribution in [0.15, 0.2) is 6.07 Å². The molecule has 0 spiro atoms. The standard InChI is InChI=1S/C20H31NO3S/c1-12(2)8-9-21-20(23)17(7)25(24)11-18-13(3)10-14(4)19(15(18)5)16(6)22/h10,12,17H,8-9,11H2,1-7H3,(H,21,23). The van der Waals surface area contributed by atoms with Crippen molar-refractivity contribution < 1.29 is 13.8 Å². The van der Waals surface area contributed by atoms with Crippen LogP contribution in [-0.2, 0) is 21.3 Å². The smallest absolute Gasteiger partial charge is 0.235 e. The third kappa shape index (κ3) is 5.77. The summed E-state index contributed by atoms with van der Waals surface area (Å²) in [5.74, 6) is 0.649. The maximum Gasteiger partial charge on any atom is 0.235 e. The van der Waals surface area contributed by atoms with Crippen LogP contribution in [0.4, 0.5) is 0 Å². The van der Waals surface area contributed by atoms with E-state index in [1.165, 1.54) is 0 Å². The highest BCUT2D eigenvalue weighted by Gasteiger charge is 2.22. The lowest BCUT2D eigenvalue weighted by Crippen LogP contribution is -2.36. The van der Waals surface area contributed by atoms with Crippen molar-refractivity contribution in [2.24, 2.45) is 5.92 Å². The van der Waals surface area contributed by atoms with Gasteiger partial charge in [-0.3, -0.25) is 13.8 Å². The van der Waals surface area contributed by atoms with Crippen LogP contribution >= 0.6 is 0 Å². The van der Waals surface area contributed by atoms with Crippen molar-refractivity contribution >= 4 is 22.5 Å². The molecule has 1 aromatic carbocycles. The van der Waals surface area contributed by atoms with Gasteiger partial charge in [-0.15, -0.1) is 0 Å². The lowest BCUT2D eigenvalue weighted by atomic mass is 9.92. The number of nitrogens with one attached hydrogen (secondary N) is 1. The second-order valence-corrected chi connectivity index (χ2v) is 8.94. The van der Waals surface area contributed by atoms with E-state index in [-0.39, 0.29) is 17.4 Å². The molecule has 2 unspecified atom stereocenters. The average molecular weight is 366 g/mol. The van der Waals surface area contributed by atoms with E-state index in [0.717, 1.165) is 28.7 Å². The molecule has 0 bridgehead atoms. The Morgan fingerprint density at radius 1 is 1.12 bits per heavy atom. The van der Waals surface area contributed by atoms with E-state index >= 15 is 0 Å². The summed E-state index contributed by atoms with van der Waals surface area (Å²) in [4.78, 5) is 24.1. The largest absolute Gasteiger partial charge is 0.355 e. The summed E-state index contributed by atoms with van der Waals surface area (Å²) in [5.41, 5.74) is 4.45. The third-order valence-corrected chi connectivity index (χ3v) is 6.13. The first-order chi connectivity index (χ1) is 11.6. The lowest BCUT2D eigenvalue weighted by molar-refractivity contribution is -0.120. The Kier molecular flexibility index (Phi) is 8.00. The zero-order valence-corrected chi connectivity index (χ0v) is 17.3. The minimum absolute atomic E-state index is 0.0153. The first-order valence-electron chi connectivity index (χ1n) is 8.81. The zero-order chi connectivity index (χ0) is 19.3. The fourth-order valence-corrected chi connectivity index (χ4v) is 4.31. The molecule has 0 aliphatic heterocycles. The number of aryl methyl sites for hydroxylation is 2. The van der Waals surface area contributed by atoms with Gasteiger partial charge in [0.2, 0.25) is 5.91 Å². The van der Waals surface area contributed by atoms with Crippen molar-refractivity contribution in [3.63, 3.8) is 0 Å². The van der Waals surface area contributed by atoms with E-state index in [1.807, 2.05) is 26.8 Å². The fraction of sp³-hybridized carbons (Fsp3) is 0.600. The molecule has 4 nitrogen and oxygen atoms in total. The van der Waals surface area contributed by atoms with E-state index in [4.69, 9.17) is 0 Å². The Morgan fingerprint density at radius 3 is 2.24 bits per heavy atom. The second-order valence-electron chi connectivity index (χ2n) is 7.19. The molecule has 5 heteroatoms. The van der Waals surface area contributed by atoms with E-state index < -0.39 is 16.0 Å². The van der Waals surface area contributed by atoms with Gasteiger partial charge in [0.15, 0.2) is 5.78 Å². The molecule has 0 heterocycles. The molecule has 2 atom stereocenters. The topological polar surface area (TPSA) is 63.2 Å². The van der Waals surface area contributed by atoms with Crippen molar-refractivity contribution in [3.8, 4) is 0 Å². The fourth-order valence-electron chi connectivity index (χ4n) is 3.00. The second kappa shape index (κ2) is 9.27. The van der Waals surface area contributed by atoms with Crippen LogP contribution in [0.25, 0.3) is 0 Å². The van der Waals surface area contributed by atoms with Crippen LogP contribution < -0.4 is 5.32 Å². The van der Waals surface area contributed by atoms with Crippen molar-refractivity contribution in [3.05, 3.63) is 33.9 Å². The van der Waals surface area contributed by atoms with E-state index in [1.54, 1.807) is 13.8 Å². The summed E-state index contributed by atoms with van der Waals surface area (Å²) in [6, 6.07) is 1.96. The van der Waals surface area contributed by atoms with Gasteiger partial charge in [0, 0.05) is 28.7 Å². The van der Waals surface area contributed by atoms with Gasteiger partial charge in [-0.25, -0.2) is 0 Å². The Morgan fingerprint density at radius 2 is 1.72 bits per heavy atom. The third-order valence-electron chi connectivity index (χ3n) is 4.55. The summed E-state index contributed by atoms with van der Waals surface area (Å²) >= 11 is 0. The molecule has 25 heavy (non-hydrogen) atoms. The number of carbonyl (C=O) groups is 2. The van der Waals surface area contributed by atoms with Crippen LogP contribution in [0, 0.1) is 26.7 Å². The predicted octanol–water partition coefficient (Wildman–Crippen LogP) is 3.61. The molecular weight excluding hydrogens is 334 g/mol. The minimum atomic E-state index is -1.33. The number of amides is 1. The van der Waals surface area contributed by atoms with Crippen LogP contribution in [0.5, 0.6) is 0 Å². The first kappa shape index (κ1) is 21.6. The quantitative estimate of drug-likeness (QED) is 0.716. The number of hydrogen-bond acceptors (Lipinski definition) is 3. The number of hydrogen-bond donors (Lipinski definition) is 1. The molecule has 0 aromatic heterocycles. The van der Waals surface area contributed by atoms with Crippen LogP contribution in [0.1, 0.15) is 66.7 Å². The van der Waals surface area contributed by atoms with Crippen molar-refractivity contribution in [2.75, 3.05) is 6.54 Å². The summed E-state index contributed by atoms with van der Waals surface area (Å²) < 4.78 is 12.7. The van der Waals surface area contributed by atoms with Crippen LogP contribution in [0.3, 0.4) is 0 Å². The number of Topliss-reactive ketones (excluding diaryl/α,β-unsaturated/α-hetero) is 1. The summed E-state index contributed by atoms with van der Waals surface area (Å²) in [5, 5.41) is 2.29. The highest BCUT2D eigenvalue weighted by atomic mass is 32.2. The van der Waals surface area contributed by atoms with Gasteiger partial charge in [0.25, 0.3) is 0 Å². The molecular formula is C20H31NO3S. The Bertz CT molecular complexity index is 680. The SMILES string of the molecule is CC(=O)c1c(C)cc(C)c(CS(=O)C(C)C(=O)NCCC(C)C)c1C. The molecule has 0 saturated carbocycles. The van der Waals surface area contributed by atoms with Gasteiger partial charge in [-0.05, 0) is 69.2 Å². The van der Waals surface area contributed by atoms with Gasteiger partial charge in [0.05, 0.1) is 0 Å². The normalized spacial score (nSPS) is 13.6. The molecule has 0 saturated heterocycles. The van der Waals surface area contributed by atoms with Gasteiger partial charge >= 0.3 is 0 Å². The minimum Gasteiger partial charge on any atom is -0.355 e.